The highest BCUT2D eigenvalue weighted by Gasteiger charge is 2.30. The highest BCUT2D eigenvalue weighted by atomic mass is 35.5. The maximum atomic E-state index is 12.7. The lowest BCUT2D eigenvalue weighted by atomic mass is 10.0. The summed E-state index contributed by atoms with van der Waals surface area (Å²) in [6.07, 6.45) is 9.32. The normalized spacial score (nSPS) is 20.8. The van der Waals surface area contributed by atoms with E-state index >= 15 is 0 Å². The molecule has 168 valence electrons. The smallest absolute Gasteiger partial charge is 0.253 e. The molecule has 0 bridgehead atoms. The Morgan fingerprint density at radius 1 is 1.22 bits per heavy atom. The number of nitrogens with zero attached hydrogens (tertiary/aromatic N) is 2. The molecule has 1 aromatic carbocycles. The quantitative estimate of drug-likeness (QED) is 0.482. The van der Waals surface area contributed by atoms with E-state index in [9.17, 15) is 9.90 Å². The number of amides is 1. The SMILES string of the molecule is CN(CC1=CNNC=C1)C(=O)c1ccc(C[C@@H]2CC[C@H]([C@H](O)c3ccc(Cl)nc3)N2)cc1. The van der Waals surface area contributed by atoms with E-state index < -0.39 is 6.10 Å². The predicted molar refractivity (Wildman–Crippen MR) is 125 cm³/mol. The molecule has 4 N–H and O–H groups in total. The third-order valence-electron chi connectivity index (χ3n) is 5.92. The van der Waals surface area contributed by atoms with Gasteiger partial charge in [-0.25, -0.2) is 4.98 Å². The minimum absolute atomic E-state index is 0.00897. The zero-order chi connectivity index (χ0) is 22.5. The van der Waals surface area contributed by atoms with Gasteiger partial charge in [0, 0.05) is 55.4 Å². The van der Waals surface area contributed by atoms with Gasteiger partial charge in [0.15, 0.2) is 0 Å². The number of pyridine rings is 1. The first-order valence-corrected chi connectivity index (χ1v) is 11.1. The summed E-state index contributed by atoms with van der Waals surface area (Å²) in [5.41, 5.74) is 9.41. The average Bonchev–Trinajstić information content (AvgIpc) is 3.28. The molecule has 2 aromatic rings. The van der Waals surface area contributed by atoms with E-state index in [-0.39, 0.29) is 18.0 Å². The Labute approximate surface area is 193 Å². The van der Waals surface area contributed by atoms with Gasteiger partial charge in [0.2, 0.25) is 0 Å². The third kappa shape index (κ3) is 5.48. The number of aliphatic hydroxyl groups is 1. The molecule has 0 radical (unpaired) electrons. The predicted octanol–water partition coefficient (Wildman–Crippen LogP) is 2.71. The maximum absolute atomic E-state index is 12.7. The Hall–Kier alpha value is -2.87. The Morgan fingerprint density at radius 2 is 2.03 bits per heavy atom. The van der Waals surface area contributed by atoms with E-state index in [4.69, 9.17) is 11.6 Å². The van der Waals surface area contributed by atoms with Crippen molar-refractivity contribution in [3.8, 4) is 0 Å². The maximum Gasteiger partial charge on any atom is 0.253 e. The lowest BCUT2D eigenvalue weighted by Crippen LogP contribution is -2.35. The summed E-state index contributed by atoms with van der Waals surface area (Å²) in [4.78, 5) is 18.5. The van der Waals surface area contributed by atoms with Crippen molar-refractivity contribution < 1.29 is 9.90 Å². The first kappa shape index (κ1) is 22.3. The summed E-state index contributed by atoms with van der Waals surface area (Å²) in [6, 6.07) is 11.6. The molecular formula is C24H28ClN5O2. The molecule has 0 aliphatic carbocycles. The Kier molecular flexibility index (Phi) is 7.09. The summed E-state index contributed by atoms with van der Waals surface area (Å²) in [5, 5.41) is 14.6. The molecule has 1 saturated heterocycles. The standard InChI is InChI=1S/C24H28ClN5O2/c1-30(15-17-10-11-27-28-13-17)24(32)18-4-2-16(3-5-18)12-20-7-8-21(29-20)23(31)19-6-9-22(25)26-14-19/h2-6,9-11,13-14,20-21,23,27-29,31H,7-8,12,15H2,1H3/t20-,21+,23+/m0/s1. The fourth-order valence-electron chi connectivity index (χ4n) is 4.17. The van der Waals surface area contributed by atoms with Crippen molar-refractivity contribution in [2.75, 3.05) is 13.6 Å². The molecule has 2 aliphatic heterocycles. The highest BCUT2D eigenvalue weighted by molar-refractivity contribution is 6.29. The molecule has 3 atom stereocenters. The number of benzene rings is 1. The van der Waals surface area contributed by atoms with Crippen LogP contribution in [0.4, 0.5) is 0 Å². The van der Waals surface area contributed by atoms with E-state index in [1.807, 2.05) is 42.6 Å². The van der Waals surface area contributed by atoms with Gasteiger partial charge in [-0.3, -0.25) is 4.79 Å². The van der Waals surface area contributed by atoms with Crippen LogP contribution in [0, 0.1) is 0 Å². The molecule has 8 heteroatoms. The van der Waals surface area contributed by atoms with Gasteiger partial charge in [-0.1, -0.05) is 29.8 Å². The monoisotopic (exact) mass is 453 g/mol. The van der Waals surface area contributed by atoms with Crippen molar-refractivity contribution in [3.05, 3.63) is 88.5 Å². The molecule has 1 fully saturated rings. The van der Waals surface area contributed by atoms with Crippen LogP contribution in [-0.4, -0.2) is 46.6 Å². The van der Waals surface area contributed by atoms with Crippen LogP contribution < -0.4 is 16.2 Å². The summed E-state index contributed by atoms with van der Waals surface area (Å²) in [6.45, 7) is 0.532. The fraction of sp³-hybridized carbons (Fsp3) is 0.333. The second-order valence-electron chi connectivity index (χ2n) is 8.31. The largest absolute Gasteiger partial charge is 0.387 e. The molecular weight excluding hydrogens is 426 g/mol. The van der Waals surface area contributed by atoms with E-state index in [1.165, 1.54) is 0 Å². The molecule has 0 saturated carbocycles. The van der Waals surface area contributed by atoms with Crippen LogP contribution in [0.5, 0.6) is 0 Å². The lowest BCUT2D eigenvalue weighted by Gasteiger charge is -2.21. The molecule has 4 rings (SSSR count). The van der Waals surface area contributed by atoms with Crippen molar-refractivity contribution >= 4 is 17.5 Å². The Morgan fingerprint density at radius 3 is 2.72 bits per heavy atom. The zero-order valence-electron chi connectivity index (χ0n) is 18.0. The molecule has 1 amide bonds. The van der Waals surface area contributed by atoms with Crippen molar-refractivity contribution in [1.29, 1.82) is 0 Å². The third-order valence-corrected chi connectivity index (χ3v) is 6.14. The van der Waals surface area contributed by atoms with Gasteiger partial charge in [0.05, 0.1) is 6.10 Å². The minimum atomic E-state index is -0.611. The topological polar surface area (TPSA) is 89.5 Å². The van der Waals surface area contributed by atoms with Gasteiger partial charge in [-0.15, -0.1) is 0 Å². The molecule has 0 spiro atoms. The number of nitrogens with one attached hydrogen (secondary N) is 3. The molecule has 7 nitrogen and oxygen atoms in total. The molecule has 2 aliphatic rings. The molecule has 0 unspecified atom stereocenters. The summed E-state index contributed by atoms with van der Waals surface area (Å²) >= 11 is 5.84. The molecule has 1 aromatic heterocycles. The summed E-state index contributed by atoms with van der Waals surface area (Å²) in [7, 11) is 1.80. The number of aromatic nitrogens is 1. The lowest BCUT2D eigenvalue weighted by molar-refractivity contribution is 0.0807. The number of hydrogen-bond acceptors (Lipinski definition) is 6. The number of likely N-dealkylation sites (N-methyl/N-ethyl adjacent to an activating group) is 1. The highest BCUT2D eigenvalue weighted by Crippen LogP contribution is 2.27. The van der Waals surface area contributed by atoms with Gasteiger partial charge in [-0.2, -0.15) is 0 Å². The first-order valence-electron chi connectivity index (χ1n) is 10.8. The number of hydrogen-bond donors (Lipinski definition) is 4. The van der Waals surface area contributed by atoms with Gasteiger partial charge in [0.25, 0.3) is 5.91 Å². The van der Waals surface area contributed by atoms with Gasteiger partial charge in [0.1, 0.15) is 5.15 Å². The Balaban J connectivity index is 1.30. The molecule has 3 heterocycles. The van der Waals surface area contributed by atoms with Crippen LogP contribution in [0.3, 0.4) is 0 Å². The van der Waals surface area contributed by atoms with Crippen LogP contribution in [0.25, 0.3) is 0 Å². The summed E-state index contributed by atoms with van der Waals surface area (Å²) in [5.74, 6) is -0.0110. The van der Waals surface area contributed by atoms with Gasteiger partial charge >= 0.3 is 0 Å². The first-order chi connectivity index (χ1) is 15.5. The minimum Gasteiger partial charge on any atom is -0.387 e. The number of rotatable bonds is 7. The van der Waals surface area contributed by atoms with Crippen LogP contribution in [-0.2, 0) is 6.42 Å². The van der Waals surface area contributed by atoms with Crippen molar-refractivity contribution in [2.45, 2.75) is 37.5 Å². The van der Waals surface area contributed by atoms with Crippen LogP contribution >= 0.6 is 11.6 Å². The van der Waals surface area contributed by atoms with Crippen molar-refractivity contribution in [1.82, 2.24) is 26.1 Å². The van der Waals surface area contributed by atoms with Gasteiger partial charge in [-0.05, 0) is 54.7 Å². The molecule has 32 heavy (non-hydrogen) atoms. The zero-order valence-corrected chi connectivity index (χ0v) is 18.7. The number of halogens is 1. The van der Waals surface area contributed by atoms with Crippen LogP contribution in [0.1, 0.15) is 40.4 Å². The second-order valence-corrected chi connectivity index (χ2v) is 8.70. The number of carbonyl (C=O) groups is 1. The van der Waals surface area contributed by atoms with E-state index in [0.29, 0.717) is 17.3 Å². The Bertz CT molecular complexity index is 990. The number of aliphatic hydroxyl groups excluding tert-OH is 1. The average molecular weight is 454 g/mol. The van der Waals surface area contributed by atoms with Gasteiger partial charge < -0.3 is 26.2 Å². The van der Waals surface area contributed by atoms with E-state index in [1.54, 1.807) is 30.4 Å². The fourth-order valence-corrected chi connectivity index (χ4v) is 4.28. The second kappa shape index (κ2) is 10.2. The number of carbonyl (C=O) groups excluding carboxylic acids is 1. The van der Waals surface area contributed by atoms with E-state index in [0.717, 1.165) is 36.0 Å². The van der Waals surface area contributed by atoms with E-state index in [2.05, 4.69) is 21.2 Å². The van der Waals surface area contributed by atoms with Crippen molar-refractivity contribution in [3.63, 3.8) is 0 Å². The van der Waals surface area contributed by atoms with Crippen LogP contribution in [0.2, 0.25) is 5.15 Å². The van der Waals surface area contributed by atoms with Crippen molar-refractivity contribution in [2.24, 2.45) is 0 Å². The van der Waals surface area contributed by atoms with Crippen LogP contribution in [0.15, 0.2) is 66.6 Å². The summed E-state index contributed by atoms with van der Waals surface area (Å²) < 4.78 is 0. The number of hydrazine groups is 1.